The Labute approximate surface area is 272 Å². The highest BCUT2D eigenvalue weighted by Gasteiger charge is 2.28. The van der Waals surface area contributed by atoms with Gasteiger partial charge in [0, 0.05) is 73.8 Å². The third kappa shape index (κ3) is 10.3. The van der Waals surface area contributed by atoms with Gasteiger partial charge in [-0.15, -0.1) is 11.3 Å². The molecule has 1 fully saturated rings. The molecular formula is C31H39Cl2N5O3S2. The molecule has 43 heavy (non-hydrogen) atoms. The molecule has 1 saturated heterocycles. The fourth-order valence-corrected chi connectivity index (χ4v) is 6.97. The number of nitrogens with one attached hydrogen (secondary N) is 2. The van der Waals surface area contributed by atoms with Crippen molar-refractivity contribution in [1.29, 1.82) is 0 Å². The Morgan fingerprint density at radius 3 is 2.58 bits per heavy atom. The lowest BCUT2D eigenvalue weighted by atomic mass is 10.0. The van der Waals surface area contributed by atoms with Crippen molar-refractivity contribution in [2.45, 2.75) is 76.0 Å². The number of amides is 2. The summed E-state index contributed by atoms with van der Waals surface area (Å²) in [6.07, 6.45) is 1.35. The van der Waals surface area contributed by atoms with Crippen LogP contribution in [0.4, 0.5) is 10.5 Å². The molecule has 0 bridgehead atoms. The quantitative estimate of drug-likeness (QED) is 0.213. The number of rotatable bonds is 10. The van der Waals surface area contributed by atoms with Gasteiger partial charge in [0.2, 0.25) is 5.91 Å². The Balaban J connectivity index is 1.30. The van der Waals surface area contributed by atoms with Crippen LogP contribution < -0.4 is 10.6 Å². The molecule has 2 amide bonds. The fourth-order valence-electron chi connectivity index (χ4n) is 4.74. The van der Waals surface area contributed by atoms with Gasteiger partial charge in [-0.3, -0.25) is 14.0 Å². The zero-order chi connectivity index (χ0) is 31.1. The molecule has 0 unspecified atom stereocenters. The van der Waals surface area contributed by atoms with Gasteiger partial charge in [-0.1, -0.05) is 41.4 Å². The number of carbonyl (C=O) groups is 2. The number of alkyl carbamates (subject to hydrolysis) is 1. The summed E-state index contributed by atoms with van der Waals surface area (Å²) in [4.78, 5) is 31.9. The van der Waals surface area contributed by atoms with Crippen LogP contribution in [0.25, 0.3) is 11.3 Å². The predicted molar refractivity (Wildman–Crippen MR) is 178 cm³/mol. The summed E-state index contributed by atoms with van der Waals surface area (Å²) in [5, 5.41) is 9.37. The molecule has 1 aromatic heterocycles. The maximum atomic E-state index is 12.7. The van der Waals surface area contributed by atoms with Crippen LogP contribution in [-0.4, -0.2) is 63.5 Å². The molecule has 3 aromatic rings. The highest BCUT2D eigenvalue weighted by atomic mass is 35.5. The van der Waals surface area contributed by atoms with E-state index in [1.165, 1.54) is 23.3 Å². The van der Waals surface area contributed by atoms with E-state index in [9.17, 15) is 9.59 Å². The van der Waals surface area contributed by atoms with Crippen molar-refractivity contribution in [3.05, 3.63) is 63.5 Å². The summed E-state index contributed by atoms with van der Waals surface area (Å²) in [6, 6.07) is 13.8. The molecule has 2 heterocycles. The Bertz CT molecular complexity index is 1410. The van der Waals surface area contributed by atoms with Crippen LogP contribution in [0, 0.1) is 0 Å². The number of ether oxygens (including phenoxy) is 1. The Hall–Kier alpha value is -2.50. The number of aromatic nitrogens is 1. The normalized spacial score (nSPS) is 15.1. The molecule has 232 valence electrons. The highest BCUT2D eigenvalue weighted by molar-refractivity contribution is 7.99. The van der Waals surface area contributed by atoms with Crippen molar-refractivity contribution in [2.24, 2.45) is 0 Å². The smallest absolute Gasteiger partial charge is 0.407 e. The molecule has 0 spiro atoms. The number of anilines is 1. The van der Waals surface area contributed by atoms with Gasteiger partial charge in [0.25, 0.3) is 0 Å². The summed E-state index contributed by atoms with van der Waals surface area (Å²) in [5.41, 5.74) is 3.35. The van der Waals surface area contributed by atoms with Crippen molar-refractivity contribution in [3.63, 3.8) is 0 Å². The van der Waals surface area contributed by atoms with Crippen LogP contribution in [-0.2, 0) is 16.1 Å². The number of thiazole rings is 1. The summed E-state index contributed by atoms with van der Waals surface area (Å²) < 4.78 is 8.05. The van der Waals surface area contributed by atoms with Crippen LogP contribution in [0.3, 0.4) is 0 Å². The van der Waals surface area contributed by atoms with E-state index in [0.29, 0.717) is 16.6 Å². The number of piperidine rings is 1. The second-order valence-electron chi connectivity index (χ2n) is 11.7. The van der Waals surface area contributed by atoms with E-state index < -0.39 is 11.7 Å². The van der Waals surface area contributed by atoms with Gasteiger partial charge in [0.05, 0.1) is 15.7 Å². The molecule has 8 nitrogen and oxygen atoms in total. The molecule has 2 aromatic carbocycles. The zero-order valence-corrected chi connectivity index (χ0v) is 28.3. The lowest BCUT2D eigenvalue weighted by molar-refractivity contribution is -0.125. The van der Waals surface area contributed by atoms with Gasteiger partial charge in [0.1, 0.15) is 5.60 Å². The van der Waals surface area contributed by atoms with Gasteiger partial charge in [-0.2, -0.15) is 0 Å². The maximum absolute atomic E-state index is 12.7. The van der Waals surface area contributed by atoms with Gasteiger partial charge >= 0.3 is 6.09 Å². The molecule has 1 aliphatic heterocycles. The van der Waals surface area contributed by atoms with Crippen LogP contribution in [0.5, 0.6) is 0 Å². The van der Waals surface area contributed by atoms with E-state index >= 15 is 0 Å². The molecule has 0 radical (unpaired) electrons. The molecule has 2 N–H and O–H groups in total. The van der Waals surface area contributed by atoms with Gasteiger partial charge in [-0.05, 0) is 70.4 Å². The number of hydrogen-bond acceptors (Lipinski definition) is 8. The molecule has 12 heteroatoms. The maximum Gasteiger partial charge on any atom is 0.407 e. The van der Waals surface area contributed by atoms with E-state index in [2.05, 4.69) is 15.5 Å². The number of carbonyl (C=O) groups excluding carboxylic acids is 2. The molecule has 1 aliphatic rings. The lowest BCUT2D eigenvalue weighted by Crippen LogP contribution is -2.43. The fraction of sp³-hybridized carbons (Fsp3) is 0.452. The molecule has 1 atom stereocenters. The van der Waals surface area contributed by atoms with Crippen LogP contribution in [0.2, 0.25) is 10.0 Å². The highest BCUT2D eigenvalue weighted by Crippen LogP contribution is 2.35. The minimum Gasteiger partial charge on any atom is -0.444 e. The summed E-state index contributed by atoms with van der Waals surface area (Å²) in [6.45, 7) is 12.2. The van der Waals surface area contributed by atoms with Crippen LogP contribution in [0.15, 0.2) is 52.2 Å². The van der Waals surface area contributed by atoms with Crippen molar-refractivity contribution in [2.75, 3.05) is 25.0 Å². The van der Waals surface area contributed by atoms with Gasteiger partial charge < -0.3 is 15.4 Å². The second kappa shape index (κ2) is 15.0. The lowest BCUT2D eigenvalue weighted by Gasteiger charge is -2.37. The number of nitrogens with zero attached hydrogens (tertiary/aromatic N) is 3. The van der Waals surface area contributed by atoms with Crippen LogP contribution in [0.1, 0.15) is 53.0 Å². The second-order valence-corrected chi connectivity index (χ2v) is 14.6. The zero-order valence-electron chi connectivity index (χ0n) is 25.2. The van der Waals surface area contributed by atoms with Crippen molar-refractivity contribution < 1.29 is 14.3 Å². The number of likely N-dealkylation sites (tertiary alicyclic amines) is 1. The van der Waals surface area contributed by atoms with E-state index in [1.807, 2.05) is 79.8 Å². The molecular weight excluding hydrogens is 625 g/mol. The van der Waals surface area contributed by atoms with Crippen LogP contribution >= 0.6 is 46.5 Å². The van der Waals surface area contributed by atoms with Crippen molar-refractivity contribution >= 4 is 64.2 Å². The standard InChI is InChI=1S/C31H39Cl2N5O3S2/c1-20(35-29(40)41-31(3,4)5)17-34-24-8-6-7-23(16-24)28-19-42-30(36-28)43-38(21(2)39)25-11-13-37(14-12-25)18-22-9-10-26(32)27(33)15-22/h6-10,15-16,19-20,25,34H,11-14,17-18H2,1-5H3,(H,35,40)/t20-/m0/s1. The minimum atomic E-state index is -0.538. The predicted octanol–water partition coefficient (Wildman–Crippen LogP) is 7.96. The third-order valence-electron chi connectivity index (χ3n) is 6.78. The number of hydrogen-bond donors (Lipinski definition) is 2. The first kappa shape index (κ1) is 33.4. The molecule has 4 rings (SSSR count). The topological polar surface area (TPSA) is 86.8 Å². The van der Waals surface area contributed by atoms with E-state index in [-0.39, 0.29) is 18.0 Å². The third-order valence-corrected chi connectivity index (χ3v) is 9.67. The van der Waals surface area contributed by atoms with E-state index in [1.54, 1.807) is 6.92 Å². The van der Waals surface area contributed by atoms with Crippen molar-refractivity contribution in [3.8, 4) is 11.3 Å². The Morgan fingerprint density at radius 1 is 1.16 bits per heavy atom. The first-order chi connectivity index (χ1) is 20.4. The first-order valence-electron chi connectivity index (χ1n) is 14.3. The monoisotopic (exact) mass is 663 g/mol. The van der Waals surface area contributed by atoms with E-state index in [4.69, 9.17) is 32.9 Å². The number of halogens is 2. The minimum absolute atomic E-state index is 0.0324. The SMILES string of the molecule is CC(=O)N(Sc1nc(-c2cccc(NC[C@H](C)NC(=O)OC(C)(C)C)c2)cs1)C1CCN(Cc2ccc(Cl)c(Cl)c2)CC1. The Morgan fingerprint density at radius 2 is 1.91 bits per heavy atom. The molecule has 0 aliphatic carbocycles. The van der Waals surface area contributed by atoms with Gasteiger partial charge in [0.15, 0.2) is 4.34 Å². The average molecular weight is 665 g/mol. The summed E-state index contributed by atoms with van der Waals surface area (Å²) in [7, 11) is 0. The summed E-state index contributed by atoms with van der Waals surface area (Å²) >= 11 is 15.2. The number of benzene rings is 2. The summed E-state index contributed by atoms with van der Waals surface area (Å²) in [5.74, 6) is 0.0324. The molecule has 0 saturated carbocycles. The van der Waals surface area contributed by atoms with Gasteiger partial charge in [-0.25, -0.2) is 9.78 Å². The van der Waals surface area contributed by atoms with E-state index in [0.717, 1.165) is 59.3 Å². The average Bonchev–Trinajstić information content (AvgIpc) is 3.41. The first-order valence-corrected chi connectivity index (χ1v) is 16.7. The van der Waals surface area contributed by atoms with Crippen molar-refractivity contribution in [1.82, 2.24) is 19.5 Å². The largest absolute Gasteiger partial charge is 0.444 e. The Kier molecular flexibility index (Phi) is 11.6.